The molecule has 0 saturated carbocycles. The number of nitrogens with two attached hydrogens (primary N) is 1. The van der Waals surface area contributed by atoms with Gasteiger partial charge in [-0.05, 0) is 60.7 Å². The zero-order chi connectivity index (χ0) is 51.7. The number of pyridine rings is 5. The summed E-state index contributed by atoms with van der Waals surface area (Å²) in [5.41, 5.74) is 8.36. The van der Waals surface area contributed by atoms with Crippen LogP contribution in [0.3, 0.4) is 0 Å². The van der Waals surface area contributed by atoms with Crippen molar-refractivity contribution in [2.45, 2.75) is 31.3 Å². The van der Waals surface area contributed by atoms with Crippen LogP contribution in [0.1, 0.15) is 61.1 Å². The largest absolute Gasteiger partial charge is 1.00 e. The Morgan fingerprint density at radius 2 is 1.05 bits per heavy atom. The number of rotatable bonds is 10. The number of ether oxygens (including phenoxy) is 3. The third-order valence-electron chi connectivity index (χ3n) is 10.2. The second-order valence-electron chi connectivity index (χ2n) is 15.4. The number of halogens is 1. The van der Waals surface area contributed by atoms with Crippen molar-refractivity contribution in [1.29, 1.82) is 0 Å². The minimum absolute atomic E-state index is 0. The summed E-state index contributed by atoms with van der Waals surface area (Å²) < 4.78 is 15.6. The smallest absolute Gasteiger partial charge is 0.542 e. The molecule has 8 aromatic rings. The summed E-state index contributed by atoms with van der Waals surface area (Å²) >= 11 is 3.74. The summed E-state index contributed by atoms with van der Waals surface area (Å²) in [7, 11) is 4.60. The number of anilines is 2. The first-order valence-corrected chi connectivity index (χ1v) is 24.4. The fraction of sp³-hybridized carbons (Fsp3) is 0.204. The molecule has 0 fully saturated rings. The van der Waals surface area contributed by atoms with Crippen molar-refractivity contribution in [3.05, 3.63) is 175 Å². The van der Waals surface area contributed by atoms with Gasteiger partial charge in [-0.25, -0.2) is 29.7 Å². The zero-order valence-corrected chi connectivity index (χ0v) is 43.9. The minimum atomic E-state index is -1.23. The number of amides is 3. The molecule has 2 aliphatic heterocycles. The minimum Gasteiger partial charge on any atom is -0.542 e. The number of carboxylic acids is 1. The number of thiazole rings is 3. The van der Waals surface area contributed by atoms with Gasteiger partial charge >= 0.3 is 24.8 Å². The van der Waals surface area contributed by atoms with E-state index in [0.717, 1.165) is 43.1 Å². The Morgan fingerprint density at radius 3 is 1.51 bits per heavy atom. The molecule has 382 valence electrons. The van der Waals surface area contributed by atoms with E-state index in [1.165, 1.54) is 39.6 Å². The van der Waals surface area contributed by atoms with Crippen molar-refractivity contribution >= 4 is 87.7 Å². The molecular weight excluding hydrogens is 1040 g/mol. The number of methoxy groups -OCH3 is 1. The van der Waals surface area contributed by atoms with E-state index in [1.807, 2.05) is 54.6 Å². The summed E-state index contributed by atoms with van der Waals surface area (Å²) in [4.78, 5) is 97.0. The number of carboxylic acid groups (broad SMARTS) is 1. The van der Waals surface area contributed by atoms with E-state index in [1.54, 1.807) is 87.9 Å². The number of carbonyl (C=O) groups is 5. The number of aromatic carboxylic acids is 1. The summed E-state index contributed by atoms with van der Waals surface area (Å²) in [6, 6.07) is 22.6. The SMILES string of the molecule is CN1C(=O)[C@@H](N)COc2cccnc21.CN1C(=O)[C@@H](NC(=O)c2ncc(Cc3ccccn3)s2)COc2cccnc21.COC(=O)c1ncc(Cc2ccccn2)s1.Cl.O=C([O-])c1ncc(Cc2ccccn2)s1.[Li+]. The van der Waals surface area contributed by atoms with Crippen LogP contribution in [-0.4, -0.2) is 116 Å². The number of esters is 1. The van der Waals surface area contributed by atoms with Crippen molar-refractivity contribution in [1.82, 2.24) is 45.2 Å². The average molecular weight is 1090 g/mol. The second-order valence-corrected chi connectivity index (χ2v) is 18.7. The Bertz CT molecular complexity index is 3140. The predicted octanol–water partition coefficient (Wildman–Crippen LogP) is 1.28. The van der Waals surface area contributed by atoms with E-state index in [0.29, 0.717) is 52.4 Å². The van der Waals surface area contributed by atoms with E-state index < -0.39 is 29.9 Å². The molecule has 0 radical (unpaired) electrons. The van der Waals surface area contributed by atoms with Crippen LogP contribution in [0.4, 0.5) is 11.6 Å². The molecule has 0 saturated heterocycles. The first-order chi connectivity index (χ1) is 35.4. The molecule has 3 N–H and O–H groups in total. The summed E-state index contributed by atoms with van der Waals surface area (Å²) in [6.45, 7) is 0.224. The van der Waals surface area contributed by atoms with Gasteiger partial charge in [0.25, 0.3) is 11.8 Å². The fourth-order valence-electron chi connectivity index (χ4n) is 6.60. The number of hydrogen-bond donors (Lipinski definition) is 2. The van der Waals surface area contributed by atoms with Gasteiger partial charge in [0, 0.05) is 115 Å². The molecule has 0 aliphatic carbocycles. The van der Waals surface area contributed by atoms with Gasteiger partial charge in [-0.3, -0.25) is 39.1 Å². The van der Waals surface area contributed by atoms with Crippen molar-refractivity contribution in [2.75, 3.05) is 44.2 Å². The molecule has 2 atom stereocenters. The van der Waals surface area contributed by atoms with E-state index in [9.17, 15) is 29.1 Å². The molecule has 3 amide bonds. The van der Waals surface area contributed by atoms with Crippen LogP contribution in [0.15, 0.2) is 128 Å². The van der Waals surface area contributed by atoms with E-state index in [4.69, 9.17) is 15.2 Å². The van der Waals surface area contributed by atoms with Crippen molar-refractivity contribution in [3.8, 4) is 11.5 Å². The van der Waals surface area contributed by atoms with E-state index >= 15 is 0 Å². The fourth-order valence-corrected chi connectivity index (χ4v) is 9.04. The monoisotopic (exact) mass is 1080 g/mol. The molecule has 2 aliphatic rings. The molecule has 0 unspecified atom stereocenters. The number of nitrogens with one attached hydrogen (secondary N) is 1. The van der Waals surface area contributed by atoms with Gasteiger partial charge in [0.15, 0.2) is 28.1 Å². The Kier molecular flexibility index (Phi) is 22.4. The first kappa shape index (κ1) is 58.3. The molecule has 0 spiro atoms. The number of likely N-dealkylation sites (N-methyl/N-ethyl adjacent to an activating group) is 2. The van der Waals surface area contributed by atoms with Gasteiger partial charge in [-0.15, -0.1) is 46.4 Å². The predicted molar refractivity (Wildman–Crippen MR) is 276 cm³/mol. The summed E-state index contributed by atoms with van der Waals surface area (Å²) in [6.07, 6.45) is 15.2. The Labute approximate surface area is 460 Å². The normalized spacial score (nSPS) is 14.1. The zero-order valence-electron chi connectivity index (χ0n) is 40.7. The van der Waals surface area contributed by atoms with E-state index in [-0.39, 0.29) is 61.3 Å². The first-order valence-electron chi connectivity index (χ1n) is 22.0. The molecule has 75 heavy (non-hydrogen) atoms. The van der Waals surface area contributed by atoms with Gasteiger partial charge in [0.1, 0.15) is 36.3 Å². The molecule has 10 heterocycles. The van der Waals surface area contributed by atoms with Crippen LogP contribution in [-0.2, 0) is 33.6 Å². The second kappa shape index (κ2) is 28.8. The van der Waals surface area contributed by atoms with Crippen molar-refractivity contribution in [3.63, 3.8) is 0 Å². The van der Waals surface area contributed by atoms with Crippen LogP contribution in [0, 0.1) is 0 Å². The maximum Gasteiger partial charge on any atom is 1.00 e. The Balaban J connectivity index is 0.000000192. The number of carbonyl (C=O) groups excluding carboxylic acids is 5. The maximum absolute atomic E-state index is 12.7. The van der Waals surface area contributed by atoms with Crippen LogP contribution >= 0.6 is 46.4 Å². The van der Waals surface area contributed by atoms with Gasteiger partial charge in [0.05, 0.1) is 7.11 Å². The third kappa shape index (κ3) is 16.5. The third-order valence-corrected chi connectivity index (χ3v) is 13.1. The molecule has 0 bridgehead atoms. The van der Waals surface area contributed by atoms with Gasteiger partial charge in [0.2, 0.25) is 10.9 Å². The van der Waals surface area contributed by atoms with Crippen LogP contribution in [0.5, 0.6) is 11.5 Å². The Hall–Kier alpha value is -7.56. The molecule has 26 heteroatoms. The Morgan fingerprint density at radius 1 is 0.627 bits per heavy atom. The average Bonchev–Trinajstić information content (AvgIpc) is 4.20. The standard InChI is InChI=1S/C19H17N5O3S.C11H10N2O2S.C10H8N2O2S.C9H11N3O2.ClH.Li/c1-24-16-15(6-4-8-21-16)27-11-14(19(24)26)23-17(25)18-22-10-13(28-18)9-12-5-2-3-7-20-12;1-15-11(14)10-13-7-9(16-10)6-8-4-2-3-5-12-8;13-10(14)9-12-6-8(15-9)5-7-3-1-2-4-11-7;1-12-8-7(3-2-4-11-8)14-5-6(10)9(12)13;;/h2-8,10,14H,9,11H2,1H3,(H,23,25);2-5,7H,6H2,1H3;1-4,6H,5H2,(H,13,14);2-4,6H,5,10H2,1H3;1H;/q;;;;;+1/p-1/t14-;;;6-;;/m0..0../s1. The summed E-state index contributed by atoms with van der Waals surface area (Å²) in [5.74, 6) is -0.463. The molecule has 8 aromatic heterocycles. The van der Waals surface area contributed by atoms with Crippen molar-refractivity contribution in [2.24, 2.45) is 5.73 Å². The van der Waals surface area contributed by atoms with E-state index in [2.05, 4.69) is 49.9 Å². The number of hydrogen-bond acceptors (Lipinski definition) is 21. The number of fused-ring (bicyclic) bond motifs is 2. The molecule has 10 rings (SSSR count). The van der Waals surface area contributed by atoms with Gasteiger partial charge in [-0.2, -0.15) is 0 Å². The molecule has 21 nitrogen and oxygen atoms in total. The van der Waals surface area contributed by atoms with Gasteiger partial charge < -0.3 is 35.2 Å². The van der Waals surface area contributed by atoms with Crippen molar-refractivity contribution < 1.29 is 62.2 Å². The van der Waals surface area contributed by atoms with Crippen LogP contribution in [0.25, 0.3) is 0 Å². The number of aromatic nitrogens is 8. The molecular formula is C49H46ClLiN12O9S3. The molecule has 0 aromatic carbocycles. The van der Waals surface area contributed by atoms with Gasteiger partial charge in [-0.1, -0.05) is 18.2 Å². The van der Waals surface area contributed by atoms with Crippen LogP contribution in [0.2, 0.25) is 0 Å². The topological polar surface area (TPSA) is 284 Å². The maximum atomic E-state index is 12.7. The summed E-state index contributed by atoms with van der Waals surface area (Å²) in [5, 5.41) is 13.9. The van der Waals surface area contributed by atoms with Crippen LogP contribution < -0.4 is 54.3 Å². The number of nitrogens with zero attached hydrogens (tertiary/aromatic N) is 10. The quantitative estimate of drug-likeness (QED) is 0.144.